The van der Waals surface area contributed by atoms with Gasteiger partial charge in [-0.1, -0.05) is 0 Å². The highest BCUT2D eigenvalue weighted by atomic mass is 32.3. The summed E-state index contributed by atoms with van der Waals surface area (Å²) in [6.07, 6.45) is -2.47. The van der Waals surface area contributed by atoms with Gasteiger partial charge in [0.2, 0.25) is 0 Å². The van der Waals surface area contributed by atoms with E-state index in [9.17, 15) is 32.1 Å². The van der Waals surface area contributed by atoms with Gasteiger partial charge >= 0.3 is 10.2 Å². The number of halogens is 1. The minimum Gasteiger partial charge on any atom is -0.387 e. The summed E-state index contributed by atoms with van der Waals surface area (Å²) in [7, 11) is -4.88. The number of benzene rings is 1. The Morgan fingerprint density at radius 2 is 1.94 bits per heavy atom. The summed E-state index contributed by atoms with van der Waals surface area (Å²) >= 11 is 0. The van der Waals surface area contributed by atoms with Crippen molar-refractivity contribution in [3.05, 3.63) is 52.8 Å². The highest BCUT2D eigenvalue weighted by Crippen LogP contribution is 2.30. The first-order valence-corrected chi connectivity index (χ1v) is 10.3. The number of hydrogen-bond acceptors (Lipinski definition) is 9. The number of hydrogen-bond donors (Lipinski definition) is 4. The highest BCUT2D eigenvalue weighted by molar-refractivity contribution is 7.86. The predicted octanol–water partition coefficient (Wildman–Crippen LogP) is -1.17. The number of aliphatic hydroxyl groups excluding tert-OH is 2. The van der Waals surface area contributed by atoms with Crippen LogP contribution in [-0.4, -0.2) is 68.9 Å². The summed E-state index contributed by atoms with van der Waals surface area (Å²) in [5.74, 6) is -0.627. The monoisotopic (exact) mass is 453 g/mol. The summed E-state index contributed by atoms with van der Waals surface area (Å²) < 4.78 is 41.6. The molecule has 31 heavy (non-hydrogen) atoms. The average molecular weight is 453 g/mol. The van der Waals surface area contributed by atoms with Crippen molar-refractivity contribution in [2.75, 3.05) is 6.54 Å². The Kier molecular flexibility index (Phi) is 5.30. The van der Waals surface area contributed by atoms with Crippen LogP contribution in [0.4, 0.5) is 3.89 Å². The summed E-state index contributed by atoms with van der Waals surface area (Å²) in [6.45, 7) is -0.197. The number of aromatic nitrogens is 4. The molecular formula is C17H16FN5O7S. The molecule has 0 bridgehead atoms. The largest absolute Gasteiger partial charge is 0.387 e. The Morgan fingerprint density at radius 3 is 2.61 bits per heavy atom. The van der Waals surface area contributed by atoms with Gasteiger partial charge in [0.25, 0.3) is 11.5 Å². The third-order valence-corrected chi connectivity index (χ3v) is 5.67. The number of nitrogens with zero attached hydrogens (tertiary/aromatic N) is 3. The molecule has 0 saturated carbocycles. The Hall–Kier alpha value is -3.20. The second kappa shape index (κ2) is 7.81. The molecule has 0 unspecified atom stereocenters. The number of imidazole rings is 1. The number of ether oxygens (including phenoxy) is 1. The van der Waals surface area contributed by atoms with Crippen molar-refractivity contribution >= 4 is 27.3 Å². The molecule has 1 aromatic carbocycles. The lowest BCUT2D eigenvalue weighted by Crippen LogP contribution is -2.39. The molecule has 3 aromatic rings. The zero-order valence-corrected chi connectivity index (χ0v) is 16.4. The van der Waals surface area contributed by atoms with Crippen LogP contribution in [0.1, 0.15) is 16.6 Å². The normalized spacial score (nSPS) is 23.8. The zero-order chi connectivity index (χ0) is 22.3. The number of carbonyl (C=O) groups excluding carboxylic acids is 1. The fourth-order valence-electron chi connectivity index (χ4n) is 3.24. The van der Waals surface area contributed by atoms with Crippen molar-refractivity contribution in [1.82, 2.24) is 24.8 Å². The van der Waals surface area contributed by atoms with Crippen molar-refractivity contribution in [2.24, 2.45) is 0 Å². The van der Waals surface area contributed by atoms with Gasteiger partial charge in [-0.3, -0.25) is 14.2 Å². The van der Waals surface area contributed by atoms with Crippen molar-refractivity contribution in [2.45, 2.75) is 29.4 Å². The molecule has 4 atom stereocenters. The highest BCUT2D eigenvalue weighted by Gasteiger charge is 2.44. The molecule has 3 heterocycles. The lowest BCUT2D eigenvalue weighted by atomic mass is 10.1. The Bertz CT molecular complexity index is 1290. The van der Waals surface area contributed by atoms with Crippen LogP contribution in [0.25, 0.3) is 11.2 Å². The number of nitrogens with one attached hydrogen (secondary N) is 2. The van der Waals surface area contributed by atoms with Gasteiger partial charge in [0, 0.05) is 12.1 Å². The van der Waals surface area contributed by atoms with Crippen LogP contribution in [-0.2, 0) is 15.0 Å². The standard InChI is InChI=1S/C17H16FN5O7S/c18-31(28,29)9-3-1-8(2-4-9)15(26)19-5-10-12(24)13(25)17(30-10)23-7-22-11-14(23)20-6-21-16(11)27/h1-4,6-7,10,12-13,17,24-25H,5H2,(H,19,26)(H,20,21,27)/t10-,12-,13-,17-/m1/s1. The van der Waals surface area contributed by atoms with Gasteiger partial charge in [-0.15, -0.1) is 3.89 Å². The van der Waals surface area contributed by atoms with Gasteiger partial charge in [0.05, 0.1) is 17.6 Å². The second-order valence-electron chi connectivity index (χ2n) is 6.77. The number of aromatic amines is 1. The van der Waals surface area contributed by atoms with Crippen molar-refractivity contribution in [1.29, 1.82) is 0 Å². The number of rotatable bonds is 5. The predicted molar refractivity (Wildman–Crippen MR) is 101 cm³/mol. The van der Waals surface area contributed by atoms with Crippen LogP contribution in [0.15, 0.2) is 46.6 Å². The molecule has 0 spiro atoms. The molecule has 1 aliphatic heterocycles. The van der Waals surface area contributed by atoms with E-state index in [0.29, 0.717) is 0 Å². The van der Waals surface area contributed by atoms with Crippen LogP contribution in [0.5, 0.6) is 0 Å². The Balaban J connectivity index is 1.45. The van der Waals surface area contributed by atoms with E-state index in [-0.39, 0.29) is 23.3 Å². The van der Waals surface area contributed by atoms with Crippen molar-refractivity contribution < 1.29 is 32.0 Å². The van der Waals surface area contributed by atoms with E-state index in [1.54, 1.807) is 0 Å². The van der Waals surface area contributed by atoms with E-state index in [1.807, 2.05) is 0 Å². The zero-order valence-electron chi connectivity index (χ0n) is 15.5. The fraction of sp³-hybridized carbons (Fsp3) is 0.294. The summed E-state index contributed by atoms with van der Waals surface area (Å²) in [5, 5.41) is 23.2. The minimum absolute atomic E-state index is 0.0308. The van der Waals surface area contributed by atoms with Crippen LogP contribution in [0.3, 0.4) is 0 Å². The molecule has 4 N–H and O–H groups in total. The van der Waals surface area contributed by atoms with E-state index in [0.717, 1.165) is 30.6 Å². The molecule has 0 aliphatic carbocycles. The first kappa shape index (κ1) is 21.0. The van der Waals surface area contributed by atoms with Crippen LogP contribution in [0, 0.1) is 0 Å². The molecule has 1 fully saturated rings. The first-order valence-electron chi connectivity index (χ1n) is 8.91. The van der Waals surface area contributed by atoms with Crippen LogP contribution < -0.4 is 10.9 Å². The SMILES string of the molecule is O=C(NC[C@H]1O[C@@H](n2cnc3c(=O)[nH]cnc32)[C@H](O)[C@@H]1O)c1ccc(S(=O)(=O)F)cc1. The lowest BCUT2D eigenvalue weighted by Gasteiger charge is -2.16. The number of aliphatic hydroxyl groups is 2. The van der Waals surface area contributed by atoms with Crippen molar-refractivity contribution in [3.63, 3.8) is 0 Å². The minimum atomic E-state index is -4.88. The summed E-state index contributed by atoms with van der Waals surface area (Å²) in [6, 6.07) is 4.16. The molecule has 2 aromatic heterocycles. The maximum atomic E-state index is 12.9. The molecule has 12 nitrogen and oxygen atoms in total. The number of H-pyrrole nitrogens is 1. The number of fused-ring (bicyclic) bond motifs is 1. The van der Waals surface area contributed by atoms with Crippen molar-refractivity contribution in [3.8, 4) is 0 Å². The Morgan fingerprint density at radius 1 is 1.23 bits per heavy atom. The second-order valence-corrected chi connectivity index (χ2v) is 8.12. The van der Waals surface area contributed by atoms with Gasteiger partial charge in [-0.2, -0.15) is 8.42 Å². The first-order chi connectivity index (χ1) is 14.7. The molecular weight excluding hydrogens is 437 g/mol. The molecule has 164 valence electrons. The molecule has 0 radical (unpaired) electrons. The van der Waals surface area contributed by atoms with Crippen LogP contribution in [0.2, 0.25) is 0 Å². The third-order valence-electron chi connectivity index (χ3n) is 4.84. The van der Waals surface area contributed by atoms with Crippen LogP contribution >= 0.6 is 0 Å². The van der Waals surface area contributed by atoms with E-state index in [2.05, 4.69) is 20.3 Å². The smallest absolute Gasteiger partial charge is 0.332 e. The average Bonchev–Trinajstić information content (AvgIpc) is 3.28. The van der Waals surface area contributed by atoms with Gasteiger partial charge in [-0.25, -0.2) is 9.97 Å². The van der Waals surface area contributed by atoms with E-state index >= 15 is 0 Å². The van der Waals surface area contributed by atoms with Gasteiger partial charge < -0.3 is 25.3 Å². The summed E-state index contributed by atoms with van der Waals surface area (Å²) in [4.78, 5) is 33.8. The van der Waals surface area contributed by atoms with Gasteiger partial charge in [0.15, 0.2) is 17.4 Å². The lowest BCUT2D eigenvalue weighted by molar-refractivity contribution is -0.0337. The van der Waals surface area contributed by atoms with Gasteiger partial charge in [-0.05, 0) is 24.3 Å². The quantitative estimate of drug-likeness (QED) is 0.347. The molecule has 1 saturated heterocycles. The van der Waals surface area contributed by atoms with E-state index < -0.39 is 51.1 Å². The maximum Gasteiger partial charge on any atom is 0.332 e. The number of carbonyl (C=O) groups is 1. The summed E-state index contributed by atoms with van der Waals surface area (Å²) in [5.41, 5.74) is -0.246. The molecule has 1 amide bonds. The van der Waals surface area contributed by atoms with Gasteiger partial charge in [0.1, 0.15) is 18.3 Å². The van der Waals surface area contributed by atoms with E-state index in [1.165, 1.54) is 10.9 Å². The topological polar surface area (TPSA) is 176 Å². The fourth-order valence-corrected chi connectivity index (χ4v) is 3.70. The molecule has 1 aliphatic rings. The molecule has 4 rings (SSSR count). The van der Waals surface area contributed by atoms with E-state index in [4.69, 9.17) is 4.74 Å². The third kappa shape index (κ3) is 3.93. The number of amides is 1. The maximum absolute atomic E-state index is 12.9. The Labute approximate surface area is 173 Å². The molecule has 14 heteroatoms.